The number of rotatable bonds is 2. The molecule has 0 saturated heterocycles. The first-order valence-corrected chi connectivity index (χ1v) is 5.35. The van der Waals surface area contributed by atoms with Crippen molar-refractivity contribution < 1.29 is 14.8 Å². The van der Waals surface area contributed by atoms with E-state index in [-0.39, 0.29) is 13.1 Å². The lowest BCUT2D eigenvalue weighted by Crippen LogP contribution is -2.67. The summed E-state index contributed by atoms with van der Waals surface area (Å²) in [6.07, 6.45) is 1.51. The lowest BCUT2D eigenvalue weighted by Gasteiger charge is -2.65. The Hall–Kier alpha value is -0.0551. The minimum absolute atomic E-state index is 0.253. The van der Waals surface area contributed by atoms with Crippen LogP contribution in [0.25, 0.3) is 0 Å². The van der Waals surface area contributed by atoms with Crippen LogP contribution in [0.5, 0.6) is 0 Å². The van der Waals surface area contributed by atoms with Gasteiger partial charge in [0.15, 0.2) is 0 Å². The molecule has 0 heterocycles. The number of aliphatic hydroxyl groups excluding tert-OH is 1. The molecule has 2 bridgehead atoms. The average molecular weight is 198 g/mol. The van der Waals surface area contributed by atoms with Gasteiger partial charge in [0.05, 0.1) is 11.7 Å². The van der Waals surface area contributed by atoms with Crippen molar-refractivity contribution in [3.63, 3.8) is 0 Å². The van der Waals surface area contributed by atoms with E-state index in [0.717, 1.165) is 12.8 Å². The van der Waals surface area contributed by atoms with Gasteiger partial charge in [0.1, 0.15) is 0 Å². The van der Waals surface area contributed by atoms with Crippen molar-refractivity contribution in [2.75, 3.05) is 0 Å². The summed E-state index contributed by atoms with van der Waals surface area (Å²) < 4.78 is 5.37. The van der Waals surface area contributed by atoms with Crippen LogP contribution in [0.1, 0.15) is 33.6 Å². The number of hydrogen-bond acceptors (Lipinski definition) is 3. The van der Waals surface area contributed by atoms with Gasteiger partial charge in [-0.1, -0.05) is 13.8 Å². The third-order valence-corrected chi connectivity index (χ3v) is 4.71. The van der Waals surface area contributed by atoms with Crippen molar-refractivity contribution >= 4 is 7.69 Å². The van der Waals surface area contributed by atoms with Crippen LogP contribution in [0, 0.1) is 17.3 Å². The highest BCUT2D eigenvalue weighted by atomic mass is 16.5. The first kappa shape index (κ1) is 10.5. The molecule has 3 aliphatic carbocycles. The zero-order valence-corrected chi connectivity index (χ0v) is 9.16. The van der Waals surface area contributed by atoms with Gasteiger partial charge in [0, 0.05) is 0 Å². The van der Waals surface area contributed by atoms with Gasteiger partial charge in [-0.25, -0.2) is 0 Å². The van der Waals surface area contributed by atoms with E-state index < -0.39 is 11.7 Å². The number of hydrogen-bond donors (Lipinski definition) is 2. The molecule has 3 fully saturated rings. The van der Waals surface area contributed by atoms with Crippen molar-refractivity contribution in [1.29, 1.82) is 0 Å². The van der Waals surface area contributed by atoms with Gasteiger partial charge < -0.3 is 14.8 Å². The summed E-state index contributed by atoms with van der Waals surface area (Å²) in [6, 6.07) is 0. The zero-order chi connectivity index (χ0) is 10.6. The van der Waals surface area contributed by atoms with E-state index in [1.807, 2.05) is 6.92 Å². The normalized spacial score (nSPS) is 49.6. The molecule has 0 aliphatic heterocycles. The molecule has 4 atom stereocenters. The predicted molar refractivity (Wildman–Crippen MR) is 54.9 cm³/mol. The summed E-state index contributed by atoms with van der Waals surface area (Å²) in [5.74, 6) is 0.994. The third kappa shape index (κ3) is 1.11. The largest absolute Gasteiger partial charge is 0.435 e. The second-order valence-electron chi connectivity index (χ2n) is 5.52. The molecule has 0 unspecified atom stereocenters. The van der Waals surface area contributed by atoms with Crippen molar-refractivity contribution in [1.82, 2.24) is 0 Å². The van der Waals surface area contributed by atoms with Gasteiger partial charge >= 0.3 is 7.69 Å². The maximum absolute atomic E-state index is 9.96. The molecule has 0 amide bonds. The van der Waals surface area contributed by atoms with Gasteiger partial charge in [-0.3, -0.25) is 0 Å². The van der Waals surface area contributed by atoms with Crippen LogP contribution < -0.4 is 0 Å². The topological polar surface area (TPSA) is 49.7 Å². The second kappa shape index (κ2) is 2.97. The highest BCUT2D eigenvalue weighted by Gasteiger charge is 2.63. The first-order chi connectivity index (χ1) is 6.43. The fraction of sp³-hybridized carbons (Fsp3) is 1.00. The Morgan fingerprint density at radius 3 is 2.43 bits per heavy atom. The molecular formula is C10H19BO3. The molecule has 4 heteroatoms. The Morgan fingerprint density at radius 2 is 1.93 bits per heavy atom. The van der Waals surface area contributed by atoms with Gasteiger partial charge in [-0.05, 0) is 37.0 Å². The lowest BCUT2D eigenvalue weighted by atomic mass is 9.43. The number of fused-ring (bicyclic) bond motifs is 2. The summed E-state index contributed by atoms with van der Waals surface area (Å²) in [4.78, 5) is 0. The quantitative estimate of drug-likeness (QED) is 0.633. The number of aliphatic hydroxyl groups is 1. The maximum Gasteiger partial charge on any atom is 0.435 e. The zero-order valence-electron chi connectivity index (χ0n) is 9.16. The minimum Gasteiger partial charge on any atom is -0.430 e. The SMILES string of the molecule is CC1(C)[C@@H]2C[C@@H](O)[C@@](C)(OBO)[C@H]1C2. The van der Waals surface area contributed by atoms with E-state index in [1.165, 1.54) is 0 Å². The van der Waals surface area contributed by atoms with Crippen LogP contribution in [-0.2, 0) is 4.65 Å². The van der Waals surface area contributed by atoms with Gasteiger partial charge in [0.2, 0.25) is 0 Å². The van der Waals surface area contributed by atoms with Gasteiger partial charge in [-0.2, -0.15) is 0 Å². The lowest BCUT2D eigenvalue weighted by molar-refractivity contribution is -0.236. The van der Waals surface area contributed by atoms with E-state index in [0.29, 0.717) is 11.8 Å². The highest BCUT2D eigenvalue weighted by molar-refractivity contribution is 6.16. The summed E-state index contributed by atoms with van der Waals surface area (Å²) in [6.45, 7) is 6.39. The molecule has 0 radical (unpaired) electrons. The Balaban J connectivity index is 2.22. The smallest absolute Gasteiger partial charge is 0.430 e. The van der Waals surface area contributed by atoms with Crippen LogP contribution in [0.4, 0.5) is 0 Å². The molecule has 3 nitrogen and oxygen atoms in total. The Labute approximate surface area is 85.8 Å². The van der Waals surface area contributed by atoms with Crippen LogP contribution in [-0.4, -0.2) is 29.5 Å². The van der Waals surface area contributed by atoms with Gasteiger partial charge in [0.25, 0.3) is 0 Å². The molecule has 0 aromatic heterocycles. The molecule has 0 spiro atoms. The molecule has 14 heavy (non-hydrogen) atoms. The molecule has 2 N–H and O–H groups in total. The maximum atomic E-state index is 9.96. The van der Waals surface area contributed by atoms with Crippen LogP contribution >= 0.6 is 0 Å². The molecule has 3 rings (SSSR count). The Morgan fingerprint density at radius 1 is 1.29 bits per heavy atom. The Kier molecular flexibility index (Phi) is 2.22. The van der Waals surface area contributed by atoms with Gasteiger partial charge in [-0.15, -0.1) is 0 Å². The van der Waals surface area contributed by atoms with E-state index >= 15 is 0 Å². The summed E-state index contributed by atoms with van der Waals surface area (Å²) >= 11 is 0. The van der Waals surface area contributed by atoms with Crippen molar-refractivity contribution in [3.8, 4) is 0 Å². The second-order valence-corrected chi connectivity index (χ2v) is 5.52. The van der Waals surface area contributed by atoms with Crippen LogP contribution in [0.3, 0.4) is 0 Å². The van der Waals surface area contributed by atoms with Crippen LogP contribution in [0.15, 0.2) is 0 Å². The van der Waals surface area contributed by atoms with Crippen molar-refractivity contribution in [2.24, 2.45) is 17.3 Å². The molecule has 80 valence electrons. The molecule has 0 aromatic carbocycles. The van der Waals surface area contributed by atoms with E-state index in [9.17, 15) is 5.11 Å². The van der Waals surface area contributed by atoms with E-state index in [1.54, 1.807) is 0 Å². The highest BCUT2D eigenvalue weighted by Crippen LogP contribution is 2.63. The molecular weight excluding hydrogens is 179 g/mol. The van der Waals surface area contributed by atoms with E-state index in [2.05, 4.69) is 13.8 Å². The third-order valence-electron chi connectivity index (χ3n) is 4.71. The predicted octanol–water partition coefficient (Wildman–Crippen LogP) is 0.447. The molecule has 3 aliphatic rings. The fourth-order valence-electron chi connectivity index (χ4n) is 3.46. The van der Waals surface area contributed by atoms with E-state index in [4.69, 9.17) is 9.68 Å². The first-order valence-electron chi connectivity index (χ1n) is 5.35. The Bertz CT molecular complexity index is 244. The van der Waals surface area contributed by atoms with Crippen molar-refractivity contribution in [3.05, 3.63) is 0 Å². The molecule has 3 saturated carbocycles. The standard InChI is InChI=1S/C10H19BO3/c1-9(2)6-4-7(9)10(3,14-11-13)8(12)5-6/h6-8,11-13H,4-5H2,1-3H3/t6-,7-,8+,10-/m0/s1. The summed E-state index contributed by atoms with van der Waals surface area (Å²) in [5.41, 5.74) is -0.295. The summed E-state index contributed by atoms with van der Waals surface area (Å²) in [7, 11) is -0.301. The minimum atomic E-state index is -0.549. The average Bonchev–Trinajstić information content (AvgIpc) is 2.09. The summed E-state index contributed by atoms with van der Waals surface area (Å²) in [5, 5.41) is 18.8. The fourth-order valence-corrected chi connectivity index (χ4v) is 3.46. The van der Waals surface area contributed by atoms with Crippen molar-refractivity contribution in [2.45, 2.75) is 45.3 Å². The monoisotopic (exact) mass is 198 g/mol. The van der Waals surface area contributed by atoms with Crippen LogP contribution in [0.2, 0.25) is 0 Å². The molecule has 0 aromatic rings.